The number of sulfone groups is 1. The van der Waals surface area contributed by atoms with Crippen LogP contribution in [0, 0.1) is 0 Å². The maximum absolute atomic E-state index is 12.8. The molecule has 1 unspecified atom stereocenters. The summed E-state index contributed by atoms with van der Waals surface area (Å²) in [5.41, 5.74) is 1.04. The van der Waals surface area contributed by atoms with Crippen molar-refractivity contribution in [3.05, 3.63) is 47.5 Å². The summed E-state index contributed by atoms with van der Waals surface area (Å²) in [4.78, 5) is 24.5. The van der Waals surface area contributed by atoms with Crippen LogP contribution in [0.25, 0.3) is 0 Å². The Hall–Kier alpha value is -2.03. The van der Waals surface area contributed by atoms with Crippen molar-refractivity contribution in [2.75, 3.05) is 16.4 Å². The molecule has 0 bridgehead atoms. The number of hydrogen-bond donors (Lipinski definition) is 2. The van der Waals surface area contributed by atoms with Crippen LogP contribution < -0.4 is 10.6 Å². The van der Waals surface area contributed by atoms with Crippen LogP contribution in [0.5, 0.6) is 0 Å². The first-order chi connectivity index (χ1) is 12.8. The van der Waals surface area contributed by atoms with Crippen LogP contribution in [0.2, 0.25) is 5.02 Å². The molecule has 1 heterocycles. The van der Waals surface area contributed by atoms with E-state index in [4.69, 9.17) is 11.6 Å². The normalized spacial score (nSPS) is 14.8. The summed E-state index contributed by atoms with van der Waals surface area (Å²) in [6.45, 7) is 1.50. The molecule has 0 spiro atoms. The predicted molar refractivity (Wildman–Crippen MR) is 107 cm³/mol. The first-order valence-corrected chi connectivity index (χ1v) is 11.0. The van der Waals surface area contributed by atoms with Crippen LogP contribution >= 0.6 is 23.4 Å². The van der Waals surface area contributed by atoms with Gasteiger partial charge >= 0.3 is 0 Å². The number of para-hydroxylation sites is 1. The zero-order chi connectivity index (χ0) is 19.6. The van der Waals surface area contributed by atoms with E-state index in [1.807, 2.05) is 0 Å². The summed E-state index contributed by atoms with van der Waals surface area (Å²) in [6.07, 6.45) is -0.200. The number of fused-ring (bicyclic) bond motifs is 1. The number of nitrogens with one attached hydrogen (secondary N) is 2. The van der Waals surface area contributed by atoms with Crippen molar-refractivity contribution in [2.45, 2.75) is 28.4 Å². The van der Waals surface area contributed by atoms with E-state index in [9.17, 15) is 18.0 Å². The highest BCUT2D eigenvalue weighted by Gasteiger charge is 2.27. The molecule has 0 saturated heterocycles. The van der Waals surface area contributed by atoms with Gasteiger partial charge in [0.05, 0.1) is 32.3 Å². The zero-order valence-corrected chi connectivity index (χ0v) is 16.7. The van der Waals surface area contributed by atoms with Crippen molar-refractivity contribution in [2.24, 2.45) is 0 Å². The Labute approximate surface area is 166 Å². The monoisotopic (exact) mass is 424 g/mol. The number of carbonyl (C=O) groups excluding carboxylic acids is 2. The quantitative estimate of drug-likeness (QED) is 0.765. The number of halogens is 1. The molecule has 2 amide bonds. The molecule has 0 aromatic heterocycles. The fourth-order valence-electron chi connectivity index (χ4n) is 2.60. The Morgan fingerprint density at radius 3 is 2.78 bits per heavy atom. The van der Waals surface area contributed by atoms with Crippen molar-refractivity contribution in [1.82, 2.24) is 0 Å². The van der Waals surface area contributed by atoms with Crippen LogP contribution in [0.3, 0.4) is 0 Å². The largest absolute Gasteiger partial charge is 0.325 e. The Bertz CT molecular complexity index is 1010. The molecule has 1 atom stereocenters. The van der Waals surface area contributed by atoms with Gasteiger partial charge in [0.2, 0.25) is 11.8 Å². The van der Waals surface area contributed by atoms with Gasteiger partial charge in [0.25, 0.3) is 0 Å². The molecule has 3 rings (SSSR count). The summed E-state index contributed by atoms with van der Waals surface area (Å²) in [5, 5.41) is 4.80. The smallest absolute Gasteiger partial charge is 0.234 e. The van der Waals surface area contributed by atoms with Gasteiger partial charge in [-0.25, -0.2) is 8.42 Å². The molecule has 1 aliphatic heterocycles. The lowest BCUT2D eigenvalue weighted by Gasteiger charge is -2.18. The number of carbonyl (C=O) groups is 2. The molecule has 2 N–H and O–H groups in total. The van der Waals surface area contributed by atoms with Crippen molar-refractivity contribution in [3.8, 4) is 0 Å². The molecular weight excluding hydrogens is 408 g/mol. The number of rotatable bonds is 5. The summed E-state index contributed by atoms with van der Waals surface area (Å²) >= 11 is 7.29. The molecule has 2 aromatic carbocycles. The van der Waals surface area contributed by atoms with Gasteiger partial charge in [-0.05, 0) is 37.3 Å². The van der Waals surface area contributed by atoms with E-state index in [0.29, 0.717) is 21.3 Å². The second-order valence-electron chi connectivity index (χ2n) is 6.08. The third-order valence-corrected chi connectivity index (χ3v) is 7.59. The second kappa shape index (κ2) is 7.92. The maximum atomic E-state index is 12.8. The van der Waals surface area contributed by atoms with Gasteiger partial charge in [0.15, 0.2) is 9.84 Å². The molecule has 142 valence electrons. The molecule has 0 radical (unpaired) electrons. The van der Waals surface area contributed by atoms with Gasteiger partial charge in [-0.3, -0.25) is 9.59 Å². The summed E-state index contributed by atoms with van der Waals surface area (Å²) in [7, 11) is -3.70. The van der Waals surface area contributed by atoms with Crippen LogP contribution in [-0.4, -0.2) is 31.2 Å². The van der Waals surface area contributed by atoms with Gasteiger partial charge in [0.1, 0.15) is 0 Å². The van der Waals surface area contributed by atoms with E-state index in [1.54, 1.807) is 30.3 Å². The van der Waals surface area contributed by atoms with Crippen molar-refractivity contribution in [1.29, 1.82) is 0 Å². The first kappa shape index (κ1) is 19.7. The predicted octanol–water partition coefficient (Wildman–Crippen LogP) is 3.58. The van der Waals surface area contributed by atoms with Crippen LogP contribution in [0.1, 0.15) is 13.3 Å². The number of thioether (sulfide) groups is 1. The molecule has 0 fully saturated rings. The molecule has 0 aliphatic carbocycles. The van der Waals surface area contributed by atoms with Gasteiger partial charge in [0, 0.05) is 11.3 Å². The Morgan fingerprint density at radius 1 is 1.30 bits per heavy atom. The summed E-state index contributed by atoms with van der Waals surface area (Å²) in [5.74, 6) is -0.307. The number of amides is 2. The summed E-state index contributed by atoms with van der Waals surface area (Å²) < 4.78 is 25.7. The van der Waals surface area contributed by atoms with E-state index in [0.717, 1.165) is 0 Å². The highest BCUT2D eigenvalue weighted by Crippen LogP contribution is 2.34. The van der Waals surface area contributed by atoms with Gasteiger partial charge < -0.3 is 10.6 Å². The fraction of sp³-hybridized carbons (Fsp3) is 0.222. The SMILES string of the molecule is CC(CC(=O)Nc1ccccc1Cl)S(=O)(=O)c1ccc2c(c1)SCC(=O)N2. The highest BCUT2D eigenvalue weighted by molar-refractivity contribution is 8.00. The first-order valence-electron chi connectivity index (χ1n) is 8.12. The second-order valence-corrected chi connectivity index (χ2v) is 9.87. The lowest BCUT2D eigenvalue weighted by atomic mass is 10.3. The fourth-order valence-corrected chi connectivity index (χ4v) is 5.08. The average molecular weight is 425 g/mol. The molecule has 1 aliphatic rings. The minimum absolute atomic E-state index is 0.118. The average Bonchev–Trinajstić information content (AvgIpc) is 2.63. The maximum Gasteiger partial charge on any atom is 0.234 e. The lowest BCUT2D eigenvalue weighted by molar-refractivity contribution is -0.116. The molecular formula is C18H17ClN2O4S2. The molecule has 2 aromatic rings. The van der Waals surface area contributed by atoms with Crippen LogP contribution in [0.4, 0.5) is 11.4 Å². The Morgan fingerprint density at radius 2 is 2.04 bits per heavy atom. The molecule has 0 saturated carbocycles. The van der Waals surface area contributed by atoms with Gasteiger partial charge in [-0.1, -0.05) is 23.7 Å². The van der Waals surface area contributed by atoms with Crippen molar-refractivity contribution < 1.29 is 18.0 Å². The number of benzene rings is 2. The third kappa shape index (κ3) is 4.45. The van der Waals surface area contributed by atoms with Crippen LogP contribution in [-0.2, 0) is 19.4 Å². The number of hydrogen-bond acceptors (Lipinski definition) is 5. The minimum atomic E-state index is -3.70. The van der Waals surface area contributed by atoms with Crippen molar-refractivity contribution >= 4 is 56.4 Å². The summed E-state index contributed by atoms with van der Waals surface area (Å²) in [6, 6.07) is 11.3. The van der Waals surface area contributed by atoms with E-state index in [-0.39, 0.29) is 23.0 Å². The molecule has 27 heavy (non-hydrogen) atoms. The molecule has 6 nitrogen and oxygen atoms in total. The number of anilines is 2. The van der Waals surface area contributed by atoms with E-state index in [1.165, 1.54) is 30.8 Å². The van der Waals surface area contributed by atoms with Crippen molar-refractivity contribution in [3.63, 3.8) is 0 Å². The van der Waals surface area contributed by atoms with E-state index < -0.39 is 21.0 Å². The van der Waals surface area contributed by atoms with Gasteiger partial charge in [-0.15, -0.1) is 11.8 Å². The Kier molecular flexibility index (Phi) is 5.78. The topological polar surface area (TPSA) is 92.3 Å². The third-order valence-electron chi connectivity index (χ3n) is 4.06. The lowest BCUT2D eigenvalue weighted by Crippen LogP contribution is -2.25. The minimum Gasteiger partial charge on any atom is -0.325 e. The van der Waals surface area contributed by atoms with Crippen LogP contribution in [0.15, 0.2) is 52.3 Å². The Balaban J connectivity index is 1.74. The van der Waals surface area contributed by atoms with E-state index >= 15 is 0 Å². The highest BCUT2D eigenvalue weighted by atomic mass is 35.5. The molecule has 9 heteroatoms. The standard InChI is InChI=1S/C18H17ClN2O4S2/c1-11(8-17(22)20-14-5-3-2-4-13(14)19)27(24,25)12-6-7-15-16(9-12)26-10-18(23)21-15/h2-7,9,11H,8,10H2,1H3,(H,20,22)(H,21,23). The van der Waals surface area contributed by atoms with Gasteiger partial charge in [-0.2, -0.15) is 0 Å². The zero-order valence-electron chi connectivity index (χ0n) is 14.4. The van der Waals surface area contributed by atoms with E-state index in [2.05, 4.69) is 10.6 Å².